The number of fused-ring (bicyclic) bond motifs is 1. The highest BCUT2D eigenvalue weighted by atomic mass is 19.1. The molecule has 0 saturated carbocycles. The standard InChI is InChI=1S/C8H5F2N3O/c9-3-1-4(10)6-5(2-3)12-8(11)13-7(6)14/h1-2H,(H3,11,12,13,14). The van der Waals surface area contributed by atoms with E-state index < -0.39 is 17.2 Å². The number of halogens is 2. The van der Waals surface area contributed by atoms with Crippen LogP contribution in [0.5, 0.6) is 0 Å². The van der Waals surface area contributed by atoms with Crippen LogP contribution in [0.25, 0.3) is 10.9 Å². The Morgan fingerprint density at radius 1 is 1.36 bits per heavy atom. The van der Waals surface area contributed by atoms with Crippen LogP contribution < -0.4 is 11.3 Å². The summed E-state index contributed by atoms with van der Waals surface area (Å²) in [6.45, 7) is 0. The summed E-state index contributed by atoms with van der Waals surface area (Å²) in [5, 5.41) is -0.291. The second kappa shape index (κ2) is 2.76. The fourth-order valence-electron chi connectivity index (χ4n) is 1.21. The van der Waals surface area contributed by atoms with Crippen molar-refractivity contribution in [2.75, 3.05) is 5.73 Å². The Kier molecular flexibility index (Phi) is 1.70. The molecule has 2 rings (SSSR count). The Labute approximate surface area is 76.4 Å². The molecule has 0 aliphatic heterocycles. The number of anilines is 1. The van der Waals surface area contributed by atoms with Crippen LogP contribution in [0, 0.1) is 11.6 Å². The molecule has 0 aliphatic carbocycles. The summed E-state index contributed by atoms with van der Waals surface area (Å²) in [5.74, 6) is -1.92. The van der Waals surface area contributed by atoms with Gasteiger partial charge >= 0.3 is 0 Å². The van der Waals surface area contributed by atoms with E-state index in [9.17, 15) is 13.6 Å². The van der Waals surface area contributed by atoms with Crippen molar-refractivity contribution in [1.29, 1.82) is 0 Å². The average molecular weight is 197 g/mol. The van der Waals surface area contributed by atoms with Gasteiger partial charge < -0.3 is 5.73 Å². The zero-order valence-corrected chi connectivity index (χ0v) is 6.84. The average Bonchev–Trinajstić information content (AvgIpc) is 1.99. The number of nitrogens with two attached hydrogens (primary N) is 1. The molecule has 0 saturated heterocycles. The summed E-state index contributed by atoms with van der Waals surface area (Å²) < 4.78 is 25.8. The van der Waals surface area contributed by atoms with Gasteiger partial charge in [-0.2, -0.15) is 0 Å². The van der Waals surface area contributed by atoms with Gasteiger partial charge in [0, 0.05) is 12.1 Å². The largest absolute Gasteiger partial charge is 0.369 e. The molecule has 4 nitrogen and oxygen atoms in total. The summed E-state index contributed by atoms with van der Waals surface area (Å²) in [5.41, 5.74) is 4.40. The molecule has 72 valence electrons. The number of hydrogen-bond donors (Lipinski definition) is 2. The summed E-state index contributed by atoms with van der Waals surface area (Å²) in [7, 11) is 0. The third kappa shape index (κ3) is 1.20. The molecule has 0 spiro atoms. The monoisotopic (exact) mass is 197 g/mol. The van der Waals surface area contributed by atoms with Gasteiger partial charge in [-0.3, -0.25) is 9.78 Å². The van der Waals surface area contributed by atoms with E-state index in [0.717, 1.165) is 6.07 Å². The van der Waals surface area contributed by atoms with Crippen LogP contribution in [0.2, 0.25) is 0 Å². The zero-order valence-electron chi connectivity index (χ0n) is 6.84. The van der Waals surface area contributed by atoms with Crippen molar-refractivity contribution >= 4 is 16.9 Å². The van der Waals surface area contributed by atoms with E-state index in [2.05, 4.69) is 9.97 Å². The van der Waals surface area contributed by atoms with Crippen LogP contribution in [0.1, 0.15) is 0 Å². The summed E-state index contributed by atoms with van der Waals surface area (Å²) in [6.07, 6.45) is 0. The molecular formula is C8H5F2N3O. The molecule has 0 bridgehead atoms. The Hall–Kier alpha value is -1.98. The quantitative estimate of drug-likeness (QED) is 0.655. The van der Waals surface area contributed by atoms with Gasteiger partial charge in [0.05, 0.1) is 5.52 Å². The van der Waals surface area contributed by atoms with Crippen molar-refractivity contribution in [1.82, 2.24) is 9.97 Å². The predicted molar refractivity (Wildman–Crippen MR) is 46.7 cm³/mol. The van der Waals surface area contributed by atoms with E-state index in [0.29, 0.717) is 6.07 Å². The van der Waals surface area contributed by atoms with Crippen LogP contribution in [0.4, 0.5) is 14.7 Å². The molecular weight excluding hydrogens is 192 g/mol. The van der Waals surface area contributed by atoms with Gasteiger partial charge in [-0.25, -0.2) is 13.8 Å². The van der Waals surface area contributed by atoms with E-state index in [4.69, 9.17) is 5.73 Å². The van der Waals surface area contributed by atoms with Gasteiger partial charge in [-0.05, 0) is 0 Å². The Balaban J connectivity index is 3.02. The number of rotatable bonds is 0. The molecule has 2 aromatic rings. The van der Waals surface area contributed by atoms with Crippen molar-refractivity contribution in [3.63, 3.8) is 0 Å². The van der Waals surface area contributed by atoms with Gasteiger partial charge in [0.2, 0.25) is 5.95 Å². The SMILES string of the molecule is Nc1nc2cc(F)cc(F)c2c(=O)[nH]1. The molecule has 0 amide bonds. The maximum atomic E-state index is 13.1. The second-order valence-electron chi connectivity index (χ2n) is 2.73. The molecule has 3 N–H and O–H groups in total. The highest BCUT2D eigenvalue weighted by molar-refractivity contribution is 5.78. The van der Waals surface area contributed by atoms with Gasteiger partial charge in [0.1, 0.15) is 17.0 Å². The lowest BCUT2D eigenvalue weighted by Crippen LogP contribution is -2.12. The maximum absolute atomic E-state index is 13.1. The minimum absolute atomic E-state index is 0.0937. The van der Waals surface area contributed by atoms with E-state index in [1.807, 2.05) is 0 Å². The predicted octanol–water partition coefficient (Wildman–Crippen LogP) is 0.784. The first kappa shape index (κ1) is 8.61. The molecule has 1 aromatic heterocycles. The van der Waals surface area contributed by atoms with Gasteiger partial charge in [-0.15, -0.1) is 0 Å². The van der Waals surface area contributed by atoms with Crippen LogP contribution in [0.15, 0.2) is 16.9 Å². The van der Waals surface area contributed by atoms with Gasteiger partial charge in [-0.1, -0.05) is 0 Å². The summed E-state index contributed by atoms with van der Waals surface area (Å²) in [6, 6.07) is 1.57. The van der Waals surface area contributed by atoms with Crippen molar-refractivity contribution in [3.8, 4) is 0 Å². The highest BCUT2D eigenvalue weighted by Gasteiger charge is 2.09. The smallest absolute Gasteiger partial charge is 0.263 e. The molecule has 0 atom stereocenters. The molecule has 1 aromatic carbocycles. The maximum Gasteiger partial charge on any atom is 0.263 e. The van der Waals surface area contributed by atoms with E-state index in [-0.39, 0.29) is 16.9 Å². The molecule has 0 radical (unpaired) electrons. The number of nitrogens with zero attached hydrogens (tertiary/aromatic N) is 1. The minimum atomic E-state index is -0.950. The summed E-state index contributed by atoms with van der Waals surface area (Å²) >= 11 is 0. The second-order valence-corrected chi connectivity index (χ2v) is 2.73. The number of hydrogen-bond acceptors (Lipinski definition) is 3. The van der Waals surface area contributed by atoms with Gasteiger partial charge in [0.25, 0.3) is 5.56 Å². The first-order valence-corrected chi connectivity index (χ1v) is 3.72. The number of nitrogen functional groups attached to an aromatic ring is 1. The van der Waals surface area contributed by atoms with Crippen LogP contribution in [-0.2, 0) is 0 Å². The zero-order chi connectivity index (χ0) is 10.3. The molecule has 0 aliphatic rings. The van der Waals surface area contributed by atoms with Crippen molar-refractivity contribution in [3.05, 3.63) is 34.1 Å². The van der Waals surface area contributed by atoms with E-state index in [1.54, 1.807) is 0 Å². The van der Waals surface area contributed by atoms with Crippen molar-refractivity contribution < 1.29 is 8.78 Å². The third-order valence-corrected chi connectivity index (χ3v) is 1.74. The normalized spacial score (nSPS) is 10.7. The number of benzene rings is 1. The number of H-pyrrole nitrogens is 1. The summed E-state index contributed by atoms with van der Waals surface area (Å²) in [4.78, 5) is 16.9. The number of aromatic nitrogens is 2. The van der Waals surface area contributed by atoms with Crippen molar-refractivity contribution in [2.24, 2.45) is 0 Å². The van der Waals surface area contributed by atoms with Crippen LogP contribution in [-0.4, -0.2) is 9.97 Å². The first-order chi connectivity index (χ1) is 6.58. The lowest BCUT2D eigenvalue weighted by atomic mass is 10.2. The molecule has 0 fully saturated rings. The van der Waals surface area contributed by atoms with Crippen LogP contribution >= 0.6 is 0 Å². The topological polar surface area (TPSA) is 71.8 Å². The molecule has 14 heavy (non-hydrogen) atoms. The highest BCUT2D eigenvalue weighted by Crippen LogP contribution is 2.14. The fourth-order valence-corrected chi connectivity index (χ4v) is 1.21. The Morgan fingerprint density at radius 2 is 2.07 bits per heavy atom. The molecule has 0 unspecified atom stereocenters. The van der Waals surface area contributed by atoms with Crippen molar-refractivity contribution in [2.45, 2.75) is 0 Å². The Bertz CT molecular complexity index is 559. The molecule has 1 heterocycles. The Morgan fingerprint density at radius 3 is 2.79 bits per heavy atom. The number of aromatic amines is 1. The van der Waals surface area contributed by atoms with Gasteiger partial charge in [0.15, 0.2) is 0 Å². The fraction of sp³-hybridized carbons (Fsp3) is 0. The van der Waals surface area contributed by atoms with Crippen LogP contribution in [0.3, 0.4) is 0 Å². The molecule has 6 heteroatoms. The third-order valence-electron chi connectivity index (χ3n) is 1.74. The number of nitrogens with one attached hydrogen (secondary N) is 1. The van der Waals surface area contributed by atoms with E-state index in [1.165, 1.54) is 0 Å². The van der Waals surface area contributed by atoms with E-state index >= 15 is 0 Å². The lowest BCUT2D eigenvalue weighted by Gasteiger charge is -1.99. The first-order valence-electron chi connectivity index (χ1n) is 3.72. The lowest BCUT2D eigenvalue weighted by molar-refractivity contribution is 0.591. The minimum Gasteiger partial charge on any atom is -0.369 e.